The van der Waals surface area contributed by atoms with E-state index in [-0.39, 0.29) is 6.61 Å². The van der Waals surface area contributed by atoms with Crippen molar-refractivity contribution in [3.05, 3.63) is 69.7 Å². The fraction of sp³-hybridized carbons (Fsp3) is 0.0909. The van der Waals surface area contributed by atoms with E-state index < -0.39 is 0 Å². The van der Waals surface area contributed by atoms with Gasteiger partial charge in [0, 0.05) is 28.1 Å². The minimum Gasteiger partial charge on any atom is -0.382 e. The lowest BCUT2D eigenvalue weighted by Crippen LogP contribution is -2.05. The van der Waals surface area contributed by atoms with E-state index in [0.717, 1.165) is 22.4 Å². The van der Waals surface area contributed by atoms with Crippen molar-refractivity contribution >= 4 is 46.0 Å². The number of aromatic nitrogens is 5. The summed E-state index contributed by atoms with van der Waals surface area (Å²) in [6, 6.07) is 15.0. The first-order valence-electron chi connectivity index (χ1n) is 9.55. The second kappa shape index (κ2) is 8.48. The van der Waals surface area contributed by atoms with Gasteiger partial charge in [0.25, 0.3) is 0 Å². The Hall–Kier alpha value is -3.04. The van der Waals surface area contributed by atoms with E-state index in [9.17, 15) is 0 Å². The van der Waals surface area contributed by atoms with E-state index in [1.807, 2.05) is 53.9 Å². The molecule has 10 heteroatoms. The predicted octanol–water partition coefficient (Wildman–Crippen LogP) is 5.62. The van der Waals surface area contributed by atoms with E-state index in [1.165, 1.54) is 11.3 Å². The zero-order chi connectivity index (χ0) is 22.2. The molecule has 0 saturated heterocycles. The van der Waals surface area contributed by atoms with E-state index in [1.54, 1.807) is 11.6 Å². The highest BCUT2D eigenvalue weighted by Gasteiger charge is 2.22. The Morgan fingerprint density at radius 2 is 1.84 bits per heavy atom. The minimum absolute atomic E-state index is 0.290. The normalized spacial score (nSPS) is 11.3. The molecule has 0 amide bonds. The van der Waals surface area contributed by atoms with Gasteiger partial charge in [-0.3, -0.25) is 0 Å². The summed E-state index contributed by atoms with van der Waals surface area (Å²) in [5.74, 6) is 0.345. The van der Waals surface area contributed by atoms with Crippen molar-refractivity contribution in [2.45, 2.75) is 6.61 Å². The molecular formula is C22H16Cl2N6OS. The summed E-state index contributed by atoms with van der Waals surface area (Å²) in [6.07, 6.45) is 0. The van der Waals surface area contributed by atoms with Crippen LogP contribution in [0, 0.1) is 0 Å². The average molecular weight is 483 g/mol. The van der Waals surface area contributed by atoms with Gasteiger partial charge in [0.1, 0.15) is 5.01 Å². The van der Waals surface area contributed by atoms with Crippen LogP contribution in [0.15, 0.2) is 53.9 Å². The molecule has 0 bridgehead atoms. The van der Waals surface area contributed by atoms with Gasteiger partial charge in [-0.2, -0.15) is 9.61 Å². The quantitative estimate of drug-likeness (QED) is 0.349. The van der Waals surface area contributed by atoms with Crippen LogP contribution in [0.25, 0.3) is 38.7 Å². The highest BCUT2D eigenvalue weighted by atomic mass is 35.5. The number of halogens is 2. The second-order valence-electron chi connectivity index (χ2n) is 6.98. The molecule has 0 spiro atoms. The number of hydrogen-bond donors (Lipinski definition) is 1. The lowest BCUT2D eigenvalue weighted by Gasteiger charge is -2.05. The van der Waals surface area contributed by atoms with Gasteiger partial charge < -0.3 is 10.5 Å². The maximum atomic E-state index is 6.49. The first-order chi connectivity index (χ1) is 15.5. The fourth-order valence-corrected chi connectivity index (χ4v) is 4.56. The number of thiazole rings is 1. The number of methoxy groups -OCH3 is 1. The lowest BCUT2D eigenvalue weighted by atomic mass is 10.1. The molecule has 0 radical (unpaired) electrons. The van der Waals surface area contributed by atoms with Gasteiger partial charge in [0.2, 0.25) is 0 Å². The molecule has 160 valence electrons. The summed E-state index contributed by atoms with van der Waals surface area (Å²) in [6.45, 7) is 0.290. The van der Waals surface area contributed by atoms with Crippen LogP contribution in [0.1, 0.15) is 5.69 Å². The number of nitrogen functional groups attached to an aromatic ring is 1. The monoisotopic (exact) mass is 482 g/mol. The fourth-order valence-electron chi connectivity index (χ4n) is 3.43. The maximum absolute atomic E-state index is 6.49. The number of benzene rings is 2. The van der Waals surface area contributed by atoms with Crippen molar-refractivity contribution in [1.29, 1.82) is 0 Å². The summed E-state index contributed by atoms with van der Waals surface area (Å²) in [7, 11) is 1.61. The van der Waals surface area contributed by atoms with Gasteiger partial charge in [0.05, 0.1) is 23.6 Å². The van der Waals surface area contributed by atoms with Crippen molar-refractivity contribution in [2.24, 2.45) is 0 Å². The van der Waals surface area contributed by atoms with E-state index in [4.69, 9.17) is 38.7 Å². The molecule has 3 heterocycles. The Morgan fingerprint density at radius 3 is 2.59 bits per heavy atom. The zero-order valence-corrected chi connectivity index (χ0v) is 19.1. The van der Waals surface area contributed by atoms with Gasteiger partial charge in [0.15, 0.2) is 17.2 Å². The number of rotatable bonds is 5. The summed E-state index contributed by atoms with van der Waals surface area (Å²) >= 11 is 13.6. The van der Waals surface area contributed by atoms with Gasteiger partial charge in [-0.1, -0.05) is 47.5 Å². The molecule has 32 heavy (non-hydrogen) atoms. The van der Waals surface area contributed by atoms with Crippen LogP contribution in [0.2, 0.25) is 10.0 Å². The molecule has 3 aromatic heterocycles. The number of ether oxygens (including phenoxy) is 1. The van der Waals surface area contributed by atoms with Crippen LogP contribution in [0.3, 0.4) is 0 Å². The second-order valence-corrected chi connectivity index (χ2v) is 8.71. The Labute approximate surface area is 197 Å². The molecule has 0 saturated carbocycles. The molecular weight excluding hydrogens is 467 g/mol. The van der Waals surface area contributed by atoms with Crippen molar-refractivity contribution in [3.8, 4) is 33.1 Å². The molecule has 5 rings (SSSR count). The maximum Gasteiger partial charge on any atom is 0.187 e. The molecule has 0 fully saturated rings. The lowest BCUT2D eigenvalue weighted by molar-refractivity contribution is 0.181. The largest absolute Gasteiger partial charge is 0.382 e. The average Bonchev–Trinajstić information content (AvgIpc) is 3.40. The molecule has 5 aromatic rings. The standard InChI is InChI=1S/C22H16Cl2N6OS/c1-31-10-16-18(13-3-2-4-15(24)9-13)21-28-27-19(20(25)30(21)29-16)22-26-17(11-32-22)12-5-7-14(23)8-6-12/h2-9,11H,10,25H2,1H3. The van der Waals surface area contributed by atoms with Crippen molar-refractivity contribution in [3.63, 3.8) is 0 Å². The highest BCUT2D eigenvalue weighted by molar-refractivity contribution is 7.13. The van der Waals surface area contributed by atoms with Crippen LogP contribution >= 0.6 is 34.5 Å². The topological polar surface area (TPSA) is 91.2 Å². The van der Waals surface area contributed by atoms with Crippen LogP contribution in [-0.2, 0) is 11.3 Å². The molecule has 2 N–H and O–H groups in total. The number of nitrogens with two attached hydrogens (primary N) is 1. The van der Waals surface area contributed by atoms with Gasteiger partial charge in [-0.15, -0.1) is 21.5 Å². The molecule has 7 nitrogen and oxygen atoms in total. The van der Waals surface area contributed by atoms with Crippen LogP contribution in [0.4, 0.5) is 5.82 Å². The Morgan fingerprint density at radius 1 is 1.03 bits per heavy atom. The van der Waals surface area contributed by atoms with Crippen LogP contribution in [-0.4, -0.2) is 31.9 Å². The third-order valence-corrected chi connectivity index (χ3v) is 6.23. The minimum atomic E-state index is 0.290. The number of nitrogens with zero attached hydrogens (tertiary/aromatic N) is 5. The zero-order valence-electron chi connectivity index (χ0n) is 16.8. The van der Waals surface area contributed by atoms with Crippen molar-refractivity contribution in [1.82, 2.24) is 24.8 Å². The van der Waals surface area contributed by atoms with E-state index in [2.05, 4.69) is 15.3 Å². The highest BCUT2D eigenvalue weighted by Crippen LogP contribution is 2.34. The SMILES string of the molecule is COCc1nn2c(N)c(-c3nc(-c4ccc(Cl)cc4)cs3)nnc2c1-c1cccc(Cl)c1. The van der Waals surface area contributed by atoms with Crippen molar-refractivity contribution in [2.75, 3.05) is 12.8 Å². The number of anilines is 1. The molecule has 0 aliphatic heterocycles. The predicted molar refractivity (Wildman–Crippen MR) is 128 cm³/mol. The third kappa shape index (κ3) is 3.71. The van der Waals surface area contributed by atoms with E-state index in [0.29, 0.717) is 37.9 Å². The summed E-state index contributed by atoms with van der Waals surface area (Å²) in [4.78, 5) is 4.69. The van der Waals surface area contributed by atoms with E-state index >= 15 is 0 Å². The van der Waals surface area contributed by atoms with Gasteiger partial charge >= 0.3 is 0 Å². The number of fused-ring (bicyclic) bond motifs is 1. The summed E-state index contributed by atoms with van der Waals surface area (Å²) in [5, 5.41) is 17.4. The van der Waals surface area contributed by atoms with Crippen LogP contribution < -0.4 is 5.73 Å². The first-order valence-corrected chi connectivity index (χ1v) is 11.2. The molecule has 0 unspecified atom stereocenters. The number of hydrogen-bond acceptors (Lipinski definition) is 7. The van der Waals surface area contributed by atoms with Crippen LogP contribution in [0.5, 0.6) is 0 Å². The van der Waals surface area contributed by atoms with Gasteiger partial charge in [-0.05, 0) is 29.8 Å². The summed E-state index contributed by atoms with van der Waals surface area (Å²) < 4.78 is 6.93. The Bertz CT molecular complexity index is 1430. The molecule has 0 atom stereocenters. The third-order valence-electron chi connectivity index (χ3n) is 4.89. The smallest absolute Gasteiger partial charge is 0.187 e. The van der Waals surface area contributed by atoms with Crippen molar-refractivity contribution < 1.29 is 4.74 Å². The Balaban J connectivity index is 1.63. The van der Waals surface area contributed by atoms with Gasteiger partial charge in [-0.25, -0.2) is 4.98 Å². The molecule has 0 aliphatic rings. The molecule has 2 aromatic carbocycles. The Kier molecular flexibility index (Phi) is 5.52. The summed E-state index contributed by atoms with van der Waals surface area (Å²) in [5.41, 5.74) is 11.6. The molecule has 0 aliphatic carbocycles. The first kappa shape index (κ1) is 20.8.